The van der Waals surface area contributed by atoms with E-state index in [1.54, 1.807) is 14.0 Å². The first-order valence-electron chi connectivity index (χ1n) is 3.46. The zero-order chi connectivity index (χ0) is 8.43. The van der Waals surface area contributed by atoms with Crippen molar-refractivity contribution >= 4 is 11.6 Å². The summed E-state index contributed by atoms with van der Waals surface area (Å²) in [5.74, 6) is -0.0569. The van der Waals surface area contributed by atoms with E-state index < -0.39 is 0 Å². The molecule has 0 atom stereocenters. The van der Waals surface area contributed by atoms with Gasteiger partial charge in [-0.05, 0) is 6.92 Å². The van der Waals surface area contributed by atoms with Crippen molar-refractivity contribution in [1.29, 1.82) is 0 Å². The van der Waals surface area contributed by atoms with Crippen molar-refractivity contribution in [1.82, 2.24) is 5.32 Å². The number of carbonyl (C=O) groups excluding carboxylic acids is 2. The fraction of sp³-hybridized carbons (Fsp3) is 0.375. The summed E-state index contributed by atoms with van der Waals surface area (Å²) < 4.78 is 0. The number of hydrogen-bond acceptors (Lipinski definition) is 3. The number of likely N-dealkylation sites (N-methyl/N-ethyl adjacent to an activating group) is 1. The maximum Gasteiger partial charge on any atom is 0.179 e. The number of ketones is 2. The van der Waals surface area contributed by atoms with E-state index in [0.29, 0.717) is 11.3 Å². The maximum absolute atomic E-state index is 11.1. The van der Waals surface area contributed by atoms with Crippen molar-refractivity contribution in [2.45, 2.75) is 13.3 Å². The van der Waals surface area contributed by atoms with Crippen LogP contribution in [-0.2, 0) is 9.59 Å². The number of Topliss-reactive ketones (excluding diaryl/α,β-unsaturated/α-hetero) is 2. The van der Waals surface area contributed by atoms with Crippen molar-refractivity contribution in [3.8, 4) is 0 Å². The zero-order valence-electron chi connectivity index (χ0n) is 6.60. The van der Waals surface area contributed by atoms with E-state index in [1.807, 2.05) is 0 Å². The lowest BCUT2D eigenvalue weighted by molar-refractivity contribution is -0.120. The van der Waals surface area contributed by atoms with Crippen molar-refractivity contribution < 1.29 is 9.59 Å². The average molecular weight is 152 g/mol. The molecule has 0 aromatic rings. The van der Waals surface area contributed by atoms with Crippen LogP contribution >= 0.6 is 0 Å². The van der Waals surface area contributed by atoms with Gasteiger partial charge in [-0.2, -0.15) is 0 Å². The van der Waals surface area contributed by atoms with Crippen LogP contribution in [0.25, 0.3) is 0 Å². The van der Waals surface area contributed by atoms with E-state index in [1.165, 1.54) is 6.42 Å². The molecule has 1 rings (SSSR count). The molecule has 1 N–H and O–H groups in total. The van der Waals surface area contributed by atoms with E-state index in [2.05, 4.69) is 5.32 Å². The molecule has 1 radical (unpaired) electrons. The molecule has 0 heterocycles. The number of allylic oxidation sites excluding steroid dienone is 2. The van der Waals surface area contributed by atoms with Gasteiger partial charge in [-0.3, -0.25) is 9.59 Å². The smallest absolute Gasteiger partial charge is 0.179 e. The van der Waals surface area contributed by atoms with Crippen molar-refractivity contribution in [3.63, 3.8) is 0 Å². The topological polar surface area (TPSA) is 46.2 Å². The van der Waals surface area contributed by atoms with Crippen LogP contribution in [0.3, 0.4) is 0 Å². The lowest BCUT2D eigenvalue weighted by atomic mass is 9.95. The molecule has 0 saturated heterocycles. The molecule has 1 aliphatic rings. The Labute approximate surface area is 65.5 Å². The molecule has 0 bridgehead atoms. The van der Waals surface area contributed by atoms with Crippen molar-refractivity contribution in [2.24, 2.45) is 0 Å². The van der Waals surface area contributed by atoms with Gasteiger partial charge in [-0.1, -0.05) is 0 Å². The molecule has 0 aliphatic heterocycles. The third-order valence-electron chi connectivity index (χ3n) is 1.75. The summed E-state index contributed by atoms with van der Waals surface area (Å²) >= 11 is 0. The first-order chi connectivity index (χ1) is 5.16. The first-order valence-corrected chi connectivity index (χ1v) is 3.46. The molecule has 0 spiro atoms. The van der Waals surface area contributed by atoms with Gasteiger partial charge in [0.15, 0.2) is 11.6 Å². The second-order valence-corrected chi connectivity index (χ2v) is 2.45. The minimum Gasteiger partial charge on any atom is -0.385 e. The molecule has 3 heteroatoms. The summed E-state index contributed by atoms with van der Waals surface area (Å²) in [4.78, 5) is 22.1. The van der Waals surface area contributed by atoms with Crippen LogP contribution in [0, 0.1) is 6.42 Å². The standard InChI is InChI=1S/C8H10NO2/c1-5-6(10)3-4-7(11)8(5)9-2/h3,9H,4H2,1-2H3. The normalized spacial score (nSPS) is 19.1. The van der Waals surface area contributed by atoms with Gasteiger partial charge < -0.3 is 5.32 Å². The lowest BCUT2D eigenvalue weighted by Crippen LogP contribution is -2.26. The molecule has 0 unspecified atom stereocenters. The van der Waals surface area contributed by atoms with Gasteiger partial charge >= 0.3 is 0 Å². The van der Waals surface area contributed by atoms with Gasteiger partial charge in [0.1, 0.15) is 0 Å². The van der Waals surface area contributed by atoms with Gasteiger partial charge in [0.25, 0.3) is 0 Å². The fourth-order valence-electron chi connectivity index (χ4n) is 1.10. The highest BCUT2D eigenvalue weighted by Crippen LogP contribution is 2.14. The van der Waals surface area contributed by atoms with Crippen LogP contribution in [0.15, 0.2) is 11.3 Å². The van der Waals surface area contributed by atoms with E-state index in [-0.39, 0.29) is 18.0 Å². The van der Waals surface area contributed by atoms with E-state index in [0.717, 1.165) is 0 Å². The molecule has 0 aromatic carbocycles. The number of carbonyl (C=O) groups is 2. The fourth-order valence-corrected chi connectivity index (χ4v) is 1.10. The molecule has 0 amide bonds. The Bertz CT molecular complexity index is 240. The Balaban J connectivity index is 3.03. The van der Waals surface area contributed by atoms with E-state index in [9.17, 15) is 9.59 Å². The Morgan fingerprint density at radius 1 is 1.45 bits per heavy atom. The minimum atomic E-state index is -0.0473. The molecule has 0 fully saturated rings. The highest BCUT2D eigenvalue weighted by Gasteiger charge is 2.22. The summed E-state index contributed by atoms with van der Waals surface area (Å²) in [5.41, 5.74) is 0.973. The summed E-state index contributed by atoms with van der Waals surface area (Å²) in [6.45, 7) is 1.65. The number of rotatable bonds is 1. The zero-order valence-corrected chi connectivity index (χ0v) is 6.60. The summed E-state index contributed by atoms with van der Waals surface area (Å²) in [5, 5.41) is 2.72. The van der Waals surface area contributed by atoms with Crippen LogP contribution in [0.5, 0.6) is 0 Å². The van der Waals surface area contributed by atoms with E-state index >= 15 is 0 Å². The summed E-state index contributed by atoms with van der Waals surface area (Å²) in [7, 11) is 1.65. The van der Waals surface area contributed by atoms with Gasteiger partial charge in [0.05, 0.1) is 5.70 Å². The van der Waals surface area contributed by atoms with Gasteiger partial charge in [0, 0.05) is 25.5 Å². The van der Waals surface area contributed by atoms with Crippen LogP contribution in [0.2, 0.25) is 0 Å². The van der Waals surface area contributed by atoms with Crippen molar-refractivity contribution in [3.05, 3.63) is 17.7 Å². The monoisotopic (exact) mass is 152 g/mol. The summed E-state index contributed by atoms with van der Waals surface area (Å²) in [6.07, 6.45) is 1.64. The molecule has 3 nitrogen and oxygen atoms in total. The first kappa shape index (κ1) is 7.98. The van der Waals surface area contributed by atoms with Gasteiger partial charge in [-0.25, -0.2) is 0 Å². The predicted molar refractivity (Wildman–Crippen MR) is 40.7 cm³/mol. The minimum absolute atomic E-state index is 0.00963. The Morgan fingerprint density at radius 2 is 2.09 bits per heavy atom. The van der Waals surface area contributed by atoms with Gasteiger partial charge in [0.2, 0.25) is 0 Å². The molecule has 1 aliphatic carbocycles. The van der Waals surface area contributed by atoms with Crippen molar-refractivity contribution in [2.75, 3.05) is 7.05 Å². The largest absolute Gasteiger partial charge is 0.385 e. The maximum atomic E-state index is 11.1. The second-order valence-electron chi connectivity index (χ2n) is 2.45. The Kier molecular flexibility index (Phi) is 2.08. The molecule has 0 aromatic heterocycles. The molecular weight excluding hydrogens is 142 g/mol. The van der Waals surface area contributed by atoms with Crippen LogP contribution in [0.4, 0.5) is 0 Å². The van der Waals surface area contributed by atoms with Crippen LogP contribution in [-0.4, -0.2) is 18.6 Å². The van der Waals surface area contributed by atoms with Crippen LogP contribution in [0.1, 0.15) is 13.3 Å². The quantitative estimate of drug-likeness (QED) is 0.585. The van der Waals surface area contributed by atoms with E-state index in [4.69, 9.17) is 0 Å². The highest BCUT2D eigenvalue weighted by atomic mass is 16.1. The van der Waals surface area contributed by atoms with Crippen LogP contribution < -0.4 is 5.32 Å². The predicted octanol–water partition coefficient (Wildman–Crippen LogP) is 0.226. The average Bonchev–Trinajstić information content (AvgIpc) is 1.99. The summed E-state index contributed by atoms with van der Waals surface area (Å²) in [6, 6.07) is 0. The lowest BCUT2D eigenvalue weighted by Gasteiger charge is -2.14. The number of hydrogen-bond donors (Lipinski definition) is 1. The van der Waals surface area contributed by atoms with Gasteiger partial charge in [-0.15, -0.1) is 0 Å². The second kappa shape index (κ2) is 2.86. The highest BCUT2D eigenvalue weighted by molar-refractivity contribution is 6.15. The molecule has 59 valence electrons. The molecular formula is C8H10NO2. The SMILES string of the molecule is CNC1=C(C)C(=O)[CH]CC1=O. The Morgan fingerprint density at radius 3 is 2.55 bits per heavy atom. The number of nitrogens with one attached hydrogen (secondary N) is 1. The Hall–Kier alpha value is -1.12. The third-order valence-corrected chi connectivity index (χ3v) is 1.75. The molecule has 0 saturated carbocycles. The third kappa shape index (κ3) is 1.31. The molecule has 11 heavy (non-hydrogen) atoms.